The predicted octanol–water partition coefficient (Wildman–Crippen LogP) is 3.96. The van der Waals surface area contributed by atoms with Crippen LogP contribution in [-0.2, 0) is 4.74 Å². The van der Waals surface area contributed by atoms with Crippen LogP contribution in [0, 0.1) is 5.82 Å². The van der Waals surface area contributed by atoms with Crippen molar-refractivity contribution in [2.24, 2.45) is 0 Å². The van der Waals surface area contributed by atoms with Gasteiger partial charge in [0.25, 0.3) is 0 Å². The first-order chi connectivity index (χ1) is 14.6. The van der Waals surface area contributed by atoms with Gasteiger partial charge in [0.2, 0.25) is 17.8 Å². The van der Waals surface area contributed by atoms with E-state index >= 15 is 0 Å². The monoisotopic (exact) mass is 444 g/mol. The van der Waals surface area contributed by atoms with Crippen LogP contribution in [0.4, 0.5) is 33.6 Å². The first-order valence-corrected chi connectivity index (χ1v) is 9.57. The maximum Gasteiger partial charge on any atom is 0.233 e. The zero-order chi connectivity index (χ0) is 20.9. The molecule has 0 radical (unpaired) electrons. The quantitative estimate of drug-likeness (QED) is 0.552. The van der Waals surface area contributed by atoms with Crippen molar-refractivity contribution in [1.82, 2.24) is 15.0 Å². The molecule has 0 amide bonds. The van der Waals surface area contributed by atoms with E-state index in [2.05, 4.69) is 25.6 Å². The Morgan fingerprint density at radius 2 is 1.71 bits per heavy atom. The number of halogens is 2. The lowest BCUT2D eigenvalue weighted by atomic mass is 10.1. The molecule has 0 atom stereocenters. The van der Waals surface area contributed by atoms with Crippen LogP contribution in [0.15, 0.2) is 48.5 Å². The number of ketones is 1. The second-order valence-corrected chi connectivity index (χ2v) is 6.75. The molecule has 1 aromatic heterocycles. The summed E-state index contributed by atoms with van der Waals surface area (Å²) in [5.74, 6) is 0.505. The third-order valence-electron chi connectivity index (χ3n) is 4.56. The predicted molar refractivity (Wildman–Crippen MR) is 120 cm³/mol. The number of carbonyl (C=O) groups is 1. The van der Waals surface area contributed by atoms with Gasteiger partial charge in [-0.1, -0.05) is 24.3 Å². The molecule has 162 valence electrons. The molecule has 1 saturated heterocycles. The highest BCUT2D eigenvalue weighted by Crippen LogP contribution is 2.22. The number of hydrogen-bond acceptors (Lipinski definition) is 8. The first-order valence-electron chi connectivity index (χ1n) is 9.57. The molecule has 0 saturated carbocycles. The van der Waals surface area contributed by atoms with Gasteiger partial charge in [-0.15, -0.1) is 12.4 Å². The normalized spacial score (nSPS) is 13.3. The van der Waals surface area contributed by atoms with Crippen molar-refractivity contribution in [3.05, 3.63) is 59.9 Å². The molecule has 1 aliphatic rings. The highest BCUT2D eigenvalue weighted by molar-refractivity contribution is 5.95. The fourth-order valence-corrected chi connectivity index (χ4v) is 3.01. The molecular formula is C21H22ClFN6O2. The number of aromatic nitrogens is 3. The van der Waals surface area contributed by atoms with Crippen LogP contribution >= 0.6 is 12.4 Å². The summed E-state index contributed by atoms with van der Waals surface area (Å²) in [5.41, 5.74) is 1.51. The van der Waals surface area contributed by atoms with Crippen LogP contribution in [0.5, 0.6) is 0 Å². The summed E-state index contributed by atoms with van der Waals surface area (Å²) < 4.78 is 19.5. The largest absolute Gasteiger partial charge is 0.378 e. The van der Waals surface area contributed by atoms with Crippen molar-refractivity contribution in [3.8, 4) is 0 Å². The molecule has 0 aliphatic carbocycles. The van der Waals surface area contributed by atoms with Crippen molar-refractivity contribution in [3.63, 3.8) is 0 Å². The lowest BCUT2D eigenvalue weighted by Gasteiger charge is -2.27. The summed E-state index contributed by atoms with van der Waals surface area (Å²) in [6, 6.07) is 13.4. The fourth-order valence-electron chi connectivity index (χ4n) is 3.01. The summed E-state index contributed by atoms with van der Waals surface area (Å²) >= 11 is 0. The van der Waals surface area contributed by atoms with Crippen molar-refractivity contribution in [1.29, 1.82) is 0 Å². The van der Waals surface area contributed by atoms with E-state index in [0.717, 1.165) is 0 Å². The summed E-state index contributed by atoms with van der Waals surface area (Å²) in [6.45, 7) is 3.94. The smallest absolute Gasteiger partial charge is 0.233 e. The summed E-state index contributed by atoms with van der Waals surface area (Å²) in [5, 5.41) is 6.03. The van der Waals surface area contributed by atoms with Gasteiger partial charge < -0.3 is 20.3 Å². The van der Waals surface area contributed by atoms with E-state index in [1.165, 1.54) is 13.0 Å². The van der Waals surface area contributed by atoms with Gasteiger partial charge in [-0.3, -0.25) is 4.79 Å². The zero-order valence-corrected chi connectivity index (χ0v) is 17.7. The molecule has 4 rings (SSSR count). The minimum Gasteiger partial charge on any atom is -0.378 e. The minimum absolute atomic E-state index is 0. The Bertz CT molecular complexity index is 1060. The van der Waals surface area contributed by atoms with Gasteiger partial charge in [0.05, 0.1) is 18.9 Å². The second kappa shape index (κ2) is 10.1. The van der Waals surface area contributed by atoms with Gasteiger partial charge in [-0.2, -0.15) is 15.0 Å². The molecule has 0 unspecified atom stereocenters. The van der Waals surface area contributed by atoms with E-state index in [0.29, 0.717) is 43.5 Å². The van der Waals surface area contributed by atoms with E-state index in [1.54, 1.807) is 36.4 Å². The maximum atomic E-state index is 14.1. The SMILES string of the molecule is CC(=O)c1cccc(Nc2nc(Nc3ccccc3F)nc(N3CCOCC3)n2)c1.Cl. The highest BCUT2D eigenvalue weighted by atomic mass is 35.5. The highest BCUT2D eigenvalue weighted by Gasteiger charge is 2.17. The molecule has 31 heavy (non-hydrogen) atoms. The Balaban J connectivity index is 0.00000272. The van der Waals surface area contributed by atoms with Gasteiger partial charge in [-0.05, 0) is 31.2 Å². The van der Waals surface area contributed by atoms with Gasteiger partial charge in [0.1, 0.15) is 5.82 Å². The topological polar surface area (TPSA) is 92.3 Å². The number of rotatable bonds is 6. The molecule has 0 spiro atoms. The molecule has 2 aromatic carbocycles. The zero-order valence-electron chi connectivity index (χ0n) is 16.8. The number of nitrogens with one attached hydrogen (secondary N) is 2. The molecule has 2 heterocycles. The number of carbonyl (C=O) groups excluding carboxylic acids is 1. The van der Waals surface area contributed by atoms with Crippen molar-refractivity contribution in [2.45, 2.75) is 6.92 Å². The number of anilines is 5. The lowest BCUT2D eigenvalue weighted by Crippen LogP contribution is -2.37. The van der Waals surface area contributed by atoms with Crippen LogP contribution in [0.3, 0.4) is 0 Å². The Kier molecular flexibility index (Phi) is 7.32. The average Bonchev–Trinajstić information content (AvgIpc) is 2.76. The van der Waals surface area contributed by atoms with Crippen molar-refractivity contribution < 1.29 is 13.9 Å². The maximum absolute atomic E-state index is 14.1. The van der Waals surface area contributed by atoms with Crippen LogP contribution in [0.25, 0.3) is 0 Å². The number of benzene rings is 2. The van der Waals surface area contributed by atoms with Crippen molar-refractivity contribution >= 4 is 47.4 Å². The number of para-hydroxylation sites is 1. The number of ether oxygens (including phenoxy) is 1. The molecule has 1 aliphatic heterocycles. The standard InChI is InChI=1S/C21H21FN6O2.ClH/c1-14(29)15-5-4-6-16(13-15)23-19-25-20(24-18-8-3-2-7-17(18)22)27-21(26-19)28-9-11-30-12-10-28;/h2-8,13H,9-12H2,1H3,(H2,23,24,25,26,27);1H. The minimum atomic E-state index is -0.408. The second-order valence-electron chi connectivity index (χ2n) is 6.75. The number of morpholine rings is 1. The van der Waals surface area contributed by atoms with Gasteiger partial charge in [-0.25, -0.2) is 4.39 Å². The van der Waals surface area contributed by atoms with E-state index in [9.17, 15) is 9.18 Å². The lowest BCUT2D eigenvalue weighted by molar-refractivity contribution is 0.101. The average molecular weight is 445 g/mol. The number of hydrogen-bond donors (Lipinski definition) is 2. The molecule has 0 bridgehead atoms. The molecule has 3 aromatic rings. The van der Waals surface area contributed by atoms with E-state index in [4.69, 9.17) is 4.74 Å². The third-order valence-corrected chi connectivity index (χ3v) is 4.56. The molecule has 8 nitrogen and oxygen atoms in total. The fraction of sp³-hybridized carbons (Fsp3) is 0.238. The van der Waals surface area contributed by atoms with Gasteiger partial charge in [0.15, 0.2) is 5.78 Å². The van der Waals surface area contributed by atoms with Crippen molar-refractivity contribution in [2.75, 3.05) is 41.8 Å². The van der Waals surface area contributed by atoms with Crippen LogP contribution < -0.4 is 15.5 Å². The van der Waals surface area contributed by atoms with E-state index in [1.807, 2.05) is 11.0 Å². The number of nitrogens with zero attached hydrogens (tertiary/aromatic N) is 4. The molecule has 2 N–H and O–H groups in total. The third kappa shape index (κ3) is 5.65. The van der Waals surface area contributed by atoms with Crippen LogP contribution in [0.1, 0.15) is 17.3 Å². The Hall–Kier alpha value is -3.30. The number of Topliss-reactive ketones (excluding diaryl/α,β-unsaturated/α-hetero) is 1. The van der Waals surface area contributed by atoms with Gasteiger partial charge in [0, 0.05) is 24.3 Å². The molecule has 1 fully saturated rings. The van der Waals surface area contributed by atoms with E-state index < -0.39 is 5.82 Å². The van der Waals surface area contributed by atoms with Crippen LogP contribution in [-0.4, -0.2) is 47.0 Å². The summed E-state index contributed by atoms with van der Waals surface area (Å²) in [4.78, 5) is 27.0. The van der Waals surface area contributed by atoms with Crippen LogP contribution in [0.2, 0.25) is 0 Å². The Morgan fingerprint density at radius 1 is 1.00 bits per heavy atom. The summed E-state index contributed by atoms with van der Waals surface area (Å²) in [7, 11) is 0. The van der Waals surface area contributed by atoms with E-state index in [-0.39, 0.29) is 35.8 Å². The molecule has 10 heteroatoms. The summed E-state index contributed by atoms with van der Waals surface area (Å²) in [6.07, 6.45) is 0. The Morgan fingerprint density at radius 3 is 2.42 bits per heavy atom. The first kappa shape index (κ1) is 22.4. The molecular weight excluding hydrogens is 423 g/mol. The Labute approximate surface area is 185 Å². The van der Waals surface area contributed by atoms with Gasteiger partial charge >= 0.3 is 0 Å².